The number of nitrogens with two attached hydrogens (primary N) is 5. The maximum atomic E-state index is 13.8. The lowest BCUT2D eigenvalue weighted by Crippen LogP contribution is -2.41. The largest absolute Gasteiger partial charge is 0.494 e. The molecule has 4 aromatic carbocycles. The summed E-state index contributed by atoms with van der Waals surface area (Å²) in [6.07, 6.45) is 9.41. The zero-order chi connectivity index (χ0) is 72.6. The van der Waals surface area contributed by atoms with Crippen molar-refractivity contribution in [2.24, 2.45) is 22.9 Å². The quantitative estimate of drug-likeness (QED) is 0.00463. The van der Waals surface area contributed by atoms with Crippen molar-refractivity contribution in [3.63, 3.8) is 0 Å². The summed E-state index contributed by atoms with van der Waals surface area (Å²) >= 11 is 0. The summed E-state index contributed by atoms with van der Waals surface area (Å²) in [4.78, 5) is 95.9. The molecular weight excluding hydrogens is 1290 g/mol. The Kier molecular flexibility index (Phi) is 25.1. The minimum absolute atomic E-state index is 0.0117. The van der Waals surface area contributed by atoms with E-state index >= 15 is 0 Å². The standard InChI is InChI=1S/C44H58N12O7Si.C23H30N6O6/c1-11-55-32(20-26(3)51-55)40(59)49-42-47-30-22-28(38(45)57)24-34(61-8)36(30)53(42)16-13-14-17-54-37-31(48-43(54)50-41(60)33-21-27(4)52-56(33)12-2)23-29(39(46)58)25-35(37)62-18-15-19-63-64(9,10)44(5,6)7;1-3-4-9-35-19-13-15(23(26)31)11-17(29(32)33)21(19)28-8-6-5-7-27-20-16(24)10-14(22(25)30)12-18(20)34-2/h13-14,20-25H,11-12,15-19H2,1-10H3,(H2,45,57)(H2,46,58)(H,47,49,59)(H,48,50,60);5-6,10-13,27-28H,3-4,7-9,24H2,1-2H3,(H2,25,30)(H2,26,31)/b14-13+;6-5+. The SMILES string of the molecule is CCCCOc1cc(C(N)=O)cc([N+](=O)[O-])c1NC/C=C/CNc1c(N)cc(C(N)=O)cc1OC.CCn1nc(C)cc1C(=O)Nc1nc2cc(C(N)=O)cc(OC)c2n1C/C=C/Cn1c(NC(=O)c2cc(C)nn2CC)nc2cc(C(N)=O)cc(OCCCO[Si](C)(C)C(C)(C)C)c21. The maximum absolute atomic E-state index is 13.8. The van der Waals surface area contributed by atoms with Crippen LogP contribution in [0.2, 0.25) is 18.1 Å². The Labute approximate surface area is 573 Å². The molecule has 0 unspecified atom stereocenters. The van der Waals surface area contributed by atoms with Crippen LogP contribution in [0.1, 0.15) is 135 Å². The minimum Gasteiger partial charge on any atom is -0.494 e. The second-order valence-corrected chi connectivity index (χ2v) is 29.1. The number of unbranched alkanes of at least 4 members (excludes halogenated alkanes) is 1. The third kappa shape index (κ3) is 18.4. The van der Waals surface area contributed by atoms with E-state index in [9.17, 15) is 38.9 Å². The van der Waals surface area contributed by atoms with Crippen molar-refractivity contribution >= 4 is 100 Å². The molecule has 528 valence electrons. The number of nitrogens with zero attached hydrogens (tertiary/aromatic N) is 9. The number of hydrogen-bond donors (Lipinski definition) is 9. The van der Waals surface area contributed by atoms with Crippen LogP contribution in [0.4, 0.5) is 34.6 Å². The molecule has 0 fully saturated rings. The number of carbonyl (C=O) groups is 6. The Hall–Kier alpha value is -11.3. The van der Waals surface area contributed by atoms with E-state index in [1.807, 2.05) is 39.8 Å². The van der Waals surface area contributed by atoms with Crippen LogP contribution in [-0.2, 0) is 30.6 Å². The molecule has 0 saturated carbocycles. The molecule has 0 aliphatic rings. The summed E-state index contributed by atoms with van der Waals surface area (Å²) in [7, 11) is 0.917. The second-order valence-electron chi connectivity index (χ2n) is 24.3. The number of anilines is 5. The number of amides is 6. The molecule has 0 aliphatic carbocycles. The lowest BCUT2D eigenvalue weighted by molar-refractivity contribution is -0.384. The maximum Gasteiger partial charge on any atom is 0.296 e. The fourth-order valence-corrected chi connectivity index (χ4v) is 11.2. The Balaban J connectivity index is 0.000000333. The lowest BCUT2D eigenvalue weighted by Gasteiger charge is -2.36. The van der Waals surface area contributed by atoms with Gasteiger partial charge >= 0.3 is 0 Å². The normalized spacial score (nSPS) is 11.6. The van der Waals surface area contributed by atoms with Gasteiger partial charge < -0.3 is 71.8 Å². The summed E-state index contributed by atoms with van der Waals surface area (Å²) in [6, 6.07) is 15.0. The van der Waals surface area contributed by atoms with Crippen LogP contribution in [0.3, 0.4) is 0 Å². The van der Waals surface area contributed by atoms with E-state index in [1.54, 1.807) is 61.8 Å². The average molecular weight is 1380 g/mol. The molecule has 4 aromatic heterocycles. The predicted octanol–water partition coefficient (Wildman–Crippen LogP) is 8.84. The molecule has 14 N–H and O–H groups in total. The Morgan fingerprint density at radius 2 is 1.02 bits per heavy atom. The number of aryl methyl sites for hydroxylation is 4. The summed E-state index contributed by atoms with van der Waals surface area (Å²) < 4.78 is 36.1. The molecule has 0 spiro atoms. The smallest absolute Gasteiger partial charge is 0.296 e. The van der Waals surface area contributed by atoms with E-state index < -0.39 is 48.7 Å². The number of rotatable bonds is 33. The number of carbonyl (C=O) groups excluding carboxylic acids is 6. The van der Waals surface area contributed by atoms with Crippen molar-refractivity contribution in [1.29, 1.82) is 0 Å². The van der Waals surface area contributed by atoms with Gasteiger partial charge in [0.15, 0.2) is 14.0 Å². The molecule has 0 radical (unpaired) electrons. The van der Waals surface area contributed by atoms with Crippen molar-refractivity contribution in [2.45, 2.75) is 119 Å². The summed E-state index contributed by atoms with van der Waals surface area (Å²) in [5, 5.41) is 32.4. The average Bonchev–Trinajstić information content (AvgIpc) is 1.64. The molecule has 0 bridgehead atoms. The number of benzene rings is 4. The molecule has 8 rings (SSSR count). The van der Waals surface area contributed by atoms with Crippen LogP contribution in [0.15, 0.2) is 85.0 Å². The highest BCUT2D eigenvalue weighted by atomic mass is 28.4. The minimum atomic E-state index is -1.99. The van der Waals surface area contributed by atoms with Crippen molar-refractivity contribution in [3.05, 3.63) is 140 Å². The van der Waals surface area contributed by atoms with Crippen LogP contribution < -0.4 is 68.9 Å². The Bertz CT molecular complexity index is 4390. The van der Waals surface area contributed by atoms with Crippen LogP contribution in [-0.4, -0.2) is 134 Å². The highest BCUT2D eigenvalue weighted by molar-refractivity contribution is 6.74. The number of imidazole rings is 2. The first-order valence-electron chi connectivity index (χ1n) is 32.0. The van der Waals surface area contributed by atoms with Crippen LogP contribution in [0.5, 0.6) is 23.0 Å². The van der Waals surface area contributed by atoms with Crippen molar-refractivity contribution in [2.75, 3.05) is 74.1 Å². The molecule has 31 nitrogen and oxygen atoms in total. The lowest BCUT2D eigenvalue weighted by atomic mass is 10.1. The van der Waals surface area contributed by atoms with E-state index in [1.165, 1.54) is 44.6 Å². The molecule has 0 atom stereocenters. The number of nitro groups is 1. The number of methoxy groups -OCH3 is 2. The number of fused-ring (bicyclic) bond motifs is 2. The van der Waals surface area contributed by atoms with E-state index in [2.05, 4.69) is 65.3 Å². The monoisotopic (exact) mass is 1380 g/mol. The topological polar surface area (TPSA) is 441 Å². The van der Waals surface area contributed by atoms with E-state index in [-0.39, 0.29) is 82.6 Å². The fraction of sp³-hybridized carbons (Fsp3) is 0.373. The van der Waals surface area contributed by atoms with E-state index in [4.69, 9.17) is 62.0 Å². The van der Waals surface area contributed by atoms with Crippen LogP contribution in [0, 0.1) is 24.0 Å². The Morgan fingerprint density at radius 3 is 1.48 bits per heavy atom. The van der Waals surface area contributed by atoms with Crippen LogP contribution >= 0.6 is 0 Å². The van der Waals surface area contributed by atoms with Gasteiger partial charge in [0, 0.05) is 80.6 Å². The first-order valence-corrected chi connectivity index (χ1v) is 34.9. The van der Waals surface area contributed by atoms with E-state index in [0.29, 0.717) is 113 Å². The van der Waals surface area contributed by atoms with Gasteiger partial charge in [0.05, 0.1) is 60.5 Å². The summed E-state index contributed by atoms with van der Waals surface area (Å²) in [6.45, 7) is 23.2. The molecule has 4 heterocycles. The molecular formula is C67H88N18O13Si. The number of nitrogen functional groups attached to an aromatic ring is 1. The van der Waals surface area contributed by atoms with Gasteiger partial charge in [0.1, 0.15) is 51.1 Å². The zero-order valence-corrected chi connectivity index (χ0v) is 58.8. The number of nitro benzene ring substituents is 1. The molecule has 0 saturated heterocycles. The first-order chi connectivity index (χ1) is 46.9. The summed E-state index contributed by atoms with van der Waals surface area (Å²) in [5.74, 6) is -2.04. The highest BCUT2D eigenvalue weighted by Gasteiger charge is 2.37. The fourth-order valence-electron chi connectivity index (χ4n) is 10.1. The number of primary amides is 4. The number of aromatic nitrogens is 8. The van der Waals surface area contributed by atoms with Gasteiger partial charge in [0.2, 0.25) is 35.5 Å². The third-order valence-electron chi connectivity index (χ3n) is 16.2. The molecule has 99 heavy (non-hydrogen) atoms. The zero-order valence-electron chi connectivity index (χ0n) is 57.8. The molecule has 6 amide bonds. The first kappa shape index (κ1) is 75.1. The number of allylic oxidation sites excluding steroid dienone is 2. The van der Waals surface area contributed by atoms with Crippen molar-refractivity contribution in [1.82, 2.24) is 38.7 Å². The van der Waals surface area contributed by atoms with Gasteiger partial charge in [-0.05, 0) is 107 Å². The van der Waals surface area contributed by atoms with Crippen molar-refractivity contribution in [3.8, 4) is 23.0 Å². The highest BCUT2D eigenvalue weighted by Crippen LogP contribution is 2.39. The van der Waals surface area contributed by atoms with Gasteiger partial charge in [-0.1, -0.05) is 58.4 Å². The molecule has 8 aromatic rings. The molecule has 0 aliphatic heterocycles. The van der Waals surface area contributed by atoms with Gasteiger partial charge in [-0.3, -0.25) is 58.9 Å². The van der Waals surface area contributed by atoms with E-state index in [0.717, 1.165) is 18.9 Å². The van der Waals surface area contributed by atoms with Gasteiger partial charge in [-0.25, -0.2) is 9.97 Å². The summed E-state index contributed by atoms with van der Waals surface area (Å²) in [5.41, 5.74) is 33.1. The van der Waals surface area contributed by atoms with Crippen molar-refractivity contribution < 1.29 is 57.1 Å². The van der Waals surface area contributed by atoms with Gasteiger partial charge in [0.25, 0.3) is 17.5 Å². The predicted molar refractivity (Wildman–Crippen MR) is 381 cm³/mol. The molecule has 32 heteroatoms. The number of hydrogen-bond acceptors (Lipinski definition) is 20. The van der Waals surface area contributed by atoms with Gasteiger partial charge in [-0.15, -0.1) is 0 Å². The van der Waals surface area contributed by atoms with Crippen LogP contribution in [0.25, 0.3) is 22.1 Å². The second kappa shape index (κ2) is 33.1. The number of nitrogens with one attached hydrogen (secondary N) is 4. The Morgan fingerprint density at radius 1 is 0.586 bits per heavy atom. The number of ether oxygens (including phenoxy) is 4. The third-order valence-corrected chi connectivity index (χ3v) is 20.7. The van der Waals surface area contributed by atoms with Gasteiger partial charge in [-0.2, -0.15) is 10.2 Å².